The third-order valence-electron chi connectivity index (χ3n) is 11.0. The van der Waals surface area contributed by atoms with Gasteiger partial charge in [-0.3, -0.25) is 4.79 Å². The van der Waals surface area contributed by atoms with Gasteiger partial charge in [0.15, 0.2) is 0 Å². The number of nitrogens with one attached hydrogen (secondary N) is 1. The third kappa shape index (κ3) is 40.3. The van der Waals surface area contributed by atoms with E-state index in [9.17, 15) is 20.1 Å². The second-order valence-electron chi connectivity index (χ2n) is 16.4. The van der Waals surface area contributed by atoms with E-state index in [1.807, 2.05) is 6.08 Å². The van der Waals surface area contributed by atoms with Gasteiger partial charge in [-0.2, -0.15) is 0 Å². The van der Waals surface area contributed by atoms with Crippen LogP contribution < -0.4 is 5.32 Å². The standard InChI is InChI=1S/C48H93NO4/c1-3-5-7-9-11-13-15-17-19-21-22-23-24-26-28-30-32-34-36-38-40-42-47(52)46(44-50)49-48(53)43-45(51)41-39-37-35-33-31-29-27-25-20-18-16-14-12-10-8-6-4-2/h25,27,40,42,45-47,50-52H,3-24,26,28-39,41,43-44H2,1-2H3,(H,49,53)/b27-25-,42-40+. The van der Waals surface area contributed by atoms with Gasteiger partial charge in [-0.15, -0.1) is 0 Å². The molecule has 0 fully saturated rings. The predicted octanol–water partition coefficient (Wildman–Crippen LogP) is 13.8. The normalized spacial score (nSPS) is 13.7. The summed E-state index contributed by atoms with van der Waals surface area (Å²) in [7, 11) is 0. The molecule has 0 radical (unpaired) electrons. The van der Waals surface area contributed by atoms with Gasteiger partial charge >= 0.3 is 0 Å². The molecule has 0 saturated heterocycles. The van der Waals surface area contributed by atoms with Crippen LogP contribution >= 0.6 is 0 Å². The Bertz CT molecular complexity index is 784. The van der Waals surface area contributed by atoms with Gasteiger partial charge in [0.25, 0.3) is 0 Å². The second kappa shape index (κ2) is 43.6. The molecule has 0 heterocycles. The van der Waals surface area contributed by atoms with Crippen LogP contribution in [0.4, 0.5) is 0 Å². The van der Waals surface area contributed by atoms with Crippen molar-refractivity contribution >= 4 is 5.91 Å². The van der Waals surface area contributed by atoms with Crippen molar-refractivity contribution in [3.05, 3.63) is 24.3 Å². The first-order valence-electron chi connectivity index (χ1n) is 23.6. The molecule has 0 aliphatic rings. The number of unbranched alkanes of at least 4 members (excludes halogenated alkanes) is 32. The predicted molar refractivity (Wildman–Crippen MR) is 231 cm³/mol. The van der Waals surface area contributed by atoms with E-state index in [0.717, 1.165) is 38.5 Å². The highest BCUT2D eigenvalue weighted by atomic mass is 16.3. The van der Waals surface area contributed by atoms with Crippen LogP contribution in [0.25, 0.3) is 0 Å². The molecule has 0 aliphatic carbocycles. The summed E-state index contributed by atoms with van der Waals surface area (Å²) < 4.78 is 0. The maximum atomic E-state index is 12.5. The molecule has 0 saturated carbocycles. The molecule has 3 atom stereocenters. The molecule has 0 aromatic heterocycles. The fraction of sp³-hybridized carbons (Fsp3) is 0.896. The fourth-order valence-corrected chi connectivity index (χ4v) is 7.34. The first kappa shape index (κ1) is 51.8. The first-order chi connectivity index (χ1) is 26.0. The van der Waals surface area contributed by atoms with Crippen molar-refractivity contribution < 1.29 is 20.1 Å². The Morgan fingerprint density at radius 3 is 1.15 bits per heavy atom. The molecule has 0 aromatic rings. The van der Waals surface area contributed by atoms with Crippen molar-refractivity contribution in [2.75, 3.05) is 6.61 Å². The Balaban J connectivity index is 3.64. The quantitative estimate of drug-likeness (QED) is 0.0369. The van der Waals surface area contributed by atoms with Gasteiger partial charge in [-0.05, 0) is 44.9 Å². The number of amides is 1. The molecular weight excluding hydrogens is 655 g/mol. The van der Waals surface area contributed by atoms with Gasteiger partial charge in [0, 0.05) is 0 Å². The average molecular weight is 748 g/mol. The first-order valence-corrected chi connectivity index (χ1v) is 23.6. The van der Waals surface area contributed by atoms with E-state index in [-0.39, 0.29) is 18.9 Å². The summed E-state index contributed by atoms with van der Waals surface area (Å²) >= 11 is 0. The molecule has 4 N–H and O–H groups in total. The van der Waals surface area contributed by atoms with E-state index in [4.69, 9.17) is 0 Å². The van der Waals surface area contributed by atoms with Crippen molar-refractivity contribution in [1.82, 2.24) is 5.32 Å². The molecule has 0 spiro atoms. The minimum atomic E-state index is -0.929. The molecule has 1 amide bonds. The molecule has 5 heteroatoms. The van der Waals surface area contributed by atoms with Crippen LogP contribution in [-0.4, -0.2) is 46.1 Å². The molecule has 0 bridgehead atoms. The minimum absolute atomic E-state index is 0.00986. The highest BCUT2D eigenvalue weighted by molar-refractivity contribution is 5.76. The number of aliphatic hydroxyl groups is 3. The molecule has 0 rings (SSSR count). The van der Waals surface area contributed by atoms with Crippen LogP contribution in [0.15, 0.2) is 24.3 Å². The monoisotopic (exact) mass is 748 g/mol. The third-order valence-corrected chi connectivity index (χ3v) is 11.0. The molecule has 314 valence electrons. The largest absolute Gasteiger partial charge is 0.394 e. The number of hydrogen-bond acceptors (Lipinski definition) is 4. The van der Waals surface area contributed by atoms with Crippen LogP contribution in [0.2, 0.25) is 0 Å². The van der Waals surface area contributed by atoms with Gasteiger partial charge < -0.3 is 20.6 Å². The number of allylic oxidation sites excluding steroid dienone is 3. The van der Waals surface area contributed by atoms with Crippen LogP contribution in [0.1, 0.15) is 251 Å². The molecule has 53 heavy (non-hydrogen) atoms. The maximum Gasteiger partial charge on any atom is 0.222 e. The van der Waals surface area contributed by atoms with Gasteiger partial charge in [0.05, 0.1) is 31.3 Å². The van der Waals surface area contributed by atoms with Crippen molar-refractivity contribution in [2.45, 2.75) is 270 Å². The van der Waals surface area contributed by atoms with E-state index in [1.54, 1.807) is 6.08 Å². The number of carbonyl (C=O) groups is 1. The topological polar surface area (TPSA) is 89.8 Å². The zero-order valence-corrected chi connectivity index (χ0v) is 35.7. The Morgan fingerprint density at radius 2 is 0.792 bits per heavy atom. The average Bonchev–Trinajstić information content (AvgIpc) is 3.15. The SMILES string of the molecule is CCCCCCCCCC/C=C\CCCCCCCC(O)CC(=O)NC(CO)C(O)/C=C/CCCCCCCCCCCCCCCCCCCCC. The van der Waals surface area contributed by atoms with Gasteiger partial charge in [-0.1, -0.05) is 224 Å². The molecular formula is C48H93NO4. The second-order valence-corrected chi connectivity index (χ2v) is 16.4. The van der Waals surface area contributed by atoms with Crippen LogP contribution in [-0.2, 0) is 4.79 Å². The zero-order chi connectivity index (χ0) is 38.7. The zero-order valence-electron chi connectivity index (χ0n) is 35.7. The number of rotatable bonds is 43. The lowest BCUT2D eigenvalue weighted by Crippen LogP contribution is -2.45. The summed E-state index contributed by atoms with van der Waals surface area (Å²) in [6, 6.07) is -0.745. The Morgan fingerprint density at radius 1 is 0.472 bits per heavy atom. The van der Waals surface area contributed by atoms with Gasteiger partial charge in [0.2, 0.25) is 5.91 Å². The summed E-state index contributed by atoms with van der Waals surface area (Å²) in [5.74, 6) is -0.318. The summed E-state index contributed by atoms with van der Waals surface area (Å²) in [6.07, 6.45) is 53.3. The lowest BCUT2D eigenvalue weighted by atomic mass is 10.0. The lowest BCUT2D eigenvalue weighted by Gasteiger charge is -2.21. The van der Waals surface area contributed by atoms with E-state index in [2.05, 4.69) is 31.3 Å². The van der Waals surface area contributed by atoms with E-state index >= 15 is 0 Å². The summed E-state index contributed by atoms with van der Waals surface area (Å²) in [4.78, 5) is 12.5. The van der Waals surface area contributed by atoms with Crippen molar-refractivity contribution in [3.8, 4) is 0 Å². The van der Waals surface area contributed by atoms with Crippen LogP contribution in [0.3, 0.4) is 0 Å². The minimum Gasteiger partial charge on any atom is -0.394 e. The Hall–Kier alpha value is -1.17. The smallest absolute Gasteiger partial charge is 0.222 e. The number of carbonyl (C=O) groups excluding carboxylic acids is 1. The molecule has 0 aromatic carbocycles. The molecule has 0 aliphatic heterocycles. The van der Waals surface area contributed by atoms with E-state index < -0.39 is 18.2 Å². The van der Waals surface area contributed by atoms with E-state index in [1.165, 1.54) is 186 Å². The Kier molecular flexibility index (Phi) is 42.6. The van der Waals surface area contributed by atoms with Crippen LogP contribution in [0.5, 0.6) is 0 Å². The van der Waals surface area contributed by atoms with Crippen molar-refractivity contribution in [3.63, 3.8) is 0 Å². The lowest BCUT2D eigenvalue weighted by molar-refractivity contribution is -0.124. The highest BCUT2D eigenvalue weighted by Gasteiger charge is 2.20. The molecule has 5 nitrogen and oxygen atoms in total. The van der Waals surface area contributed by atoms with Crippen molar-refractivity contribution in [2.24, 2.45) is 0 Å². The summed E-state index contributed by atoms with van der Waals surface area (Å²) in [5.41, 5.74) is 0. The maximum absolute atomic E-state index is 12.5. The number of hydrogen-bond donors (Lipinski definition) is 4. The Labute approximate surface area is 331 Å². The van der Waals surface area contributed by atoms with Crippen LogP contribution in [0, 0.1) is 0 Å². The van der Waals surface area contributed by atoms with E-state index in [0.29, 0.717) is 6.42 Å². The summed E-state index contributed by atoms with van der Waals surface area (Å²) in [5, 5.41) is 33.3. The van der Waals surface area contributed by atoms with Gasteiger partial charge in [0.1, 0.15) is 0 Å². The number of aliphatic hydroxyl groups excluding tert-OH is 3. The molecule has 3 unspecified atom stereocenters. The fourth-order valence-electron chi connectivity index (χ4n) is 7.34. The van der Waals surface area contributed by atoms with Gasteiger partial charge in [-0.25, -0.2) is 0 Å². The van der Waals surface area contributed by atoms with Crippen molar-refractivity contribution in [1.29, 1.82) is 0 Å². The summed E-state index contributed by atoms with van der Waals surface area (Å²) in [6.45, 7) is 4.23. The highest BCUT2D eigenvalue weighted by Crippen LogP contribution is 2.16.